The highest BCUT2D eigenvalue weighted by atomic mass is 16.5. The van der Waals surface area contributed by atoms with Crippen LogP contribution in [0, 0.1) is 11.8 Å². The fraction of sp³-hybridized carbons (Fsp3) is 0.500. The van der Waals surface area contributed by atoms with E-state index in [1.807, 2.05) is 0 Å². The number of aromatic hydroxyl groups is 2. The second kappa shape index (κ2) is 29.3. The molecule has 28 heteroatoms. The molecule has 10 amide bonds. The van der Waals surface area contributed by atoms with Gasteiger partial charge in [-0.25, -0.2) is 19.6 Å². The Kier molecular flexibility index (Phi) is 22.0. The first kappa shape index (κ1) is 66.0. The maximum Gasteiger partial charge on any atom is 0.329 e. The Bertz CT molecular complexity index is 3140. The molecule has 3 aliphatic rings. The number of pyridine rings is 2. The molecule has 4 aromatic rings. The molecule has 5 heterocycles. The van der Waals surface area contributed by atoms with Gasteiger partial charge in [-0.1, -0.05) is 64.1 Å². The van der Waals surface area contributed by atoms with Crippen LogP contribution in [-0.2, 0) is 57.4 Å². The number of ether oxygens (including phenoxy) is 2. The minimum absolute atomic E-state index is 0.0232. The van der Waals surface area contributed by atoms with Crippen LogP contribution in [0.3, 0.4) is 0 Å². The molecule has 3 aliphatic heterocycles. The highest BCUT2D eigenvalue weighted by molar-refractivity contribution is 6.03. The molecule has 0 aliphatic carbocycles. The number of fused-ring (bicyclic) bond motifs is 4. The number of aromatic nitrogens is 2. The standard InChI is InChI=1S/C60H76N12O16/c1-33(2)51-59(85)87-31-39(65-55(81)49-43(73)25-35-17-9-11-19-37(35)63-49)57(83)71-23-15-13-21-41(71)53(79)62-28-46(76)68(6)30-48(78)70(8)52(34(3)4)60(86)88-32-40(66-56(82)50-44(74)26-36-18-10-12-20-38(36)64-50)58(84)72-24-16-14-22-42(72)54(80)61-27-45(75)67(5)29-47(77)69(51)7/h9-12,17-20,25-26,33-34,39-42,51-52,73-74H,13-16,21-24,27-32H2,1-8H3,(H,61,80)(H,62,79)(H,65,81)(H,66,82)/t39-,40-,41+,42+,51+,52+/m1/s1. The molecule has 0 unspecified atom stereocenters. The summed E-state index contributed by atoms with van der Waals surface area (Å²) in [5, 5.41) is 33.0. The Morgan fingerprint density at radius 3 is 1.27 bits per heavy atom. The minimum atomic E-state index is -1.72. The third-order valence-corrected chi connectivity index (χ3v) is 15.8. The Morgan fingerprint density at radius 1 is 0.545 bits per heavy atom. The second-order valence-electron chi connectivity index (χ2n) is 22.8. The summed E-state index contributed by atoms with van der Waals surface area (Å²) < 4.78 is 11.5. The lowest BCUT2D eigenvalue weighted by molar-refractivity contribution is -0.159. The predicted molar refractivity (Wildman–Crippen MR) is 314 cm³/mol. The van der Waals surface area contributed by atoms with E-state index in [4.69, 9.17) is 9.47 Å². The number of para-hydroxylation sites is 2. The summed E-state index contributed by atoms with van der Waals surface area (Å²) in [6, 6.07) is 7.26. The fourth-order valence-corrected chi connectivity index (χ4v) is 10.9. The predicted octanol–water partition coefficient (Wildman–Crippen LogP) is 0.0686. The van der Waals surface area contributed by atoms with Gasteiger partial charge < -0.3 is 70.4 Å². The summed E-state index contributed by atoms with van der Waals surface area (Å²) in [5.74, 6) is -12.8. The van der Waals surface area contributed by atoms with Crippen molar-refractivity contribution in [3.05, 3.63) is 72.1 Å². The number of esters is 2. The van der Waals surface area contributed by atoms with Crippen LogP contribution in [0.1, 0.15) is 87.2 Å². The topological polar surface area (TPSA) is 357 Å². The average molecular weight is 1220 g/mol. The SMILES string of the molecule is CC(C)[C@H]1C(=O)OC[C@@H](NC(=O)c2nc3ccccc3cc2O)C(=O)N2CCCC[C@H]2C(=O)NCC(=O)N(C)CC(=O)N(C)[C@@H](C(C)C)C(=O)OC[C@@H](NC(=O)c2nc3ccccc3cc2O)C(=O)N2CCCC[C@H]2C(=O)NCC(=O)N(C)CC(=O)N1C. The minimum Gasteiger partial charge on any atom is -0.505 e. The van der Waals surface area contributed by atoms with Gasteiger partial charge in [0, 0.05) is 52.1 Å². The van der Waals surface area contributed by atoms with Gasteiger partial charge in [0.25, 0.3) is 11.8 Å². The van der Waals surface area contributed by atoms with Crippen molar-refractivity contribution in [1.29, 1.82) is 0 Å². The molecular weight excluding hydrogens is 1140 g/mol. The number of hydrogen-bond donors (Lipinski definition) is 6. The van der Waals surface area contributed by atoms with E-state index in [1.165, 1.54) is 50.1 Å². The number of rotatable bonds is 6. The third-order valence-electron chi connectivity index (χ3n) is 15.8. The zero-order valence-electron chi connectivity index (χ0n) is 50.5. The number of hydrogen-bond acceptors (Lipinski definition) is 18. The summed E-state index contributed by atoms with van der Waals surface area (Å²) in [7, 11) is 5.16. The van der Waals surface area contributed by atoms with E-state index < -0.39 is 181 Å². The van der Waals surface area contributed by atoms with Gasteiger partial charge in [0.2, 0.25) is 47.3 Å². The number of cyclic esters (lactones) is 2. The van der Waals surface area contributed by atoms with E-state index in [9.17, 15) is 67.7 Å². The summed E-state index contributed by atoms with van der Waals surface area (Å²) in [6.45, 7) is 2.16. The maximum absolute atomic E-state index is 14.8. The smallest absolute Gasteiger partial charge is 0.329 e. The summed E-state index contributed by atoms with van der Waals surface area (Å²) in [4.78, 5) is 184. The van der Waals surface area contributed by atoms with Crippen molar-refractivity contribution < 1.29 is 77.2 Å². The monoisotopic (exact) mass is 1220 g/mol. The van der Waals surface area contributed by atoms with Gasteiger partial charge in [-0.2, -0.15) is 0 Å². The Balaban J connectivity index is 1.17. The van der Waals surface area contributed by atoms with E-state index in [0.717, 1.165) is 19.6 Å². The third kappa shape index (κ3) is 15.7. The first-order valence-electron chi connectivity index (χ1n) is 29.1. The van der Waals surface area contributed by atoms with Gasteiger partial charge in [-0.3, -0.25) is 47.9 Å². The fourth-order valence-electron chi connectivity index (χ4n) is 10.9. The highest BCUT2D eigenvalue weighted by Gasteiger charge is 2.42. The van der Waals surface area contributed by atoms with Crippen LogP contribution in [0.15, 0.2) is 60.7 Å². The van der Waals surface area contributed by atoms with E-state index in [1.54, 1.807) is 76.2 Å². The van der Waals surface area contributed by atoms with Crippen LogP contribution >= 0.6 is 0 Å². The number of likely N-dealkylation sites (N-methyl/N-ethyl adjacent to an activating group) is 4. The molecule has 0 saturated carbocycles. The number of carbonyl (C=O) groups excluding carboxylic acids is 12. The summed E-state index contributed by atoms with van der Waals surface area (Å²) in [5.41, 5.74) is -0.282. The maximum atomic E-state index is 14.8. The van der Waals surface area contributed by atoms with Crippen molar-refractivity contribution in [1.82, 2.24) is 60.6 Å². The molecule has 28 nitrogen and oxygen atoms in total. The van der Waals surface area contributed by atoms with Crippen molar-refractivity contribution in [2.24, 2.45) is 11.8 Å². The van der Waals surface area contributed by atoms with Gasteiger partial charge in [-0.15, -0.1) is 0 Å². The lowest BCUT2D eigenvalue weighted by Gasteiger charge is -2.37. The largest absolute Gasteiger partial charge is 0.505 e. The molecule has 7 rings (SSSR count). The van der Waals surface area contributed by atoms with Gasteiger partial charge in [0.1, 0.15) is 61.0 Å². The average Bonchev–Trinajstić information content (AvgIpc) is 2.06. The normalized spacial score (nSPS) is 23.0. The Labute approximate surface area is 507 Å². The van der Waals surface area contributed by atoms with Gasteiger partial charge in [-0.05, 0) is 74.6 Å². The van der Waals surface area contributed by atoms with Crippen LogP contribution in [-0.4, -0.2) is 238 Å². The zero-order valence-corrected chi connectivity index (χ0v) is 50.5. The zero-order chi connectivity index (χ0) is 64.3. The van der Waals surface area contributed by atoms with Crippen molar-refractivity contribution in [3.8, 4) is 11.5 Å². The van der Waals surface area contributed by atoms with Crippen molar-refractivity contribution in [2.45, 2.75) is 102 Å². The molecule has 0 radical (unpaired) electrons. The number of piperidine rings is 2. The molecule has 6 atom stereocenters. The molecule has 88 heavy (non-hydrogen) atoms. The van der Waals surface area contributed by atoms with E-state index in [2.05, 4.69) is 31.2 Å². The van der Waals surface area contributed by atoms with E-state index >= 15 is 0 Å². The first-order chi connectivity index (χ1) is 41.8. The first-order valence-corrected chi connectivity index (χ1v) is 29.1. The lowest BCUT2D eigenvalue weighted by Crippen LogP contribution is -2.59. The van der Waals surface area contributed by atoms with Crippen molar-refractivity contribution >= 4 is 92.8 Å². The molecule has 2 aromatic heterocycles. The van der Waals surface area contributed by atoms with Crippen LogP contribution in [0.5, 0.6) is 11.5 Å². The summed E-state index contributed by atoms with van der Waals surface area (Å²) >= 11 is 0. The summed E-state index contributed by atoms with van der Waals surface area (Å²) in [6.07, 6.45) is 1.92. The van der Waals surface area contributed by atoms with Crippen LogP contribution in [0.2, 0.25) is 0 Å². The molecule has 3 fully saturated rings. The quantitative estimate of drug-likeness (QED) is 0.139. The number of nitrogens with zero attached hydrogens (tertiary/aromatic N) is 8. The Hall–Kier alpha value is -9.50. The number of carbonyl (C=O) groups is 12. The molecule has 0 bridgehead atoms. The van der Waals surface area contributed by atoms with E-state index in [0.29, 0.717) is 47.5 Å². The molecule has 3 saturated heterocycles. The lowest BCUT2D eigenvalue weighted by atomic mass is 10.00. The molecular formula is C60H76N12O16. The van der Waals surface area contributed by atoms with Crippen LogP contribution in [0.25, 0.3) is 21.8 Å². The van der Waals surface area contributed by atoms with Crippen molar-refractivity contribution in [3.63, 3.8) is 0 Å². The number of amides is 10. The molecule has 472 valence electrons. The van der Waals surface area contributed by atoms with E-state index in [-0.39, 0.29) is 25.9 Å². The van der Waals surface area contributed by atoms with Crippen molar-refractivity contribution in [2.75, 3.05) is 80.7 Å². The van der Waals surface area contributed by atoms with Crippen LogP contribution in [0.4, 0.5) is 0 Å². The molecule has 6 N–H and O–H groups in total. The van der Waals surface area contributed by atoms with Gasteiger partial charge in [0.05, 0.1) is 37.2 Å². The molecule has 0 spiro atoms. The van der Waals surface area contributed by atoms with Gasteiger partial charge in [0.15, 0.2) is 11.4 Å². The second-order valence-corrected chi connectivity index (χ2v) is 22.8. The number of nitrogens with one attached hydrogen (secondary N) is 4. The van der Waals surface area contributed by atoms with Gasteiger partial charge >= 0.3 is 11.9 Å². The highest BCUT2D eigenvalue weighted by Crippen LogP contribution is 2.26. The number of benzene rings is 2. The van der Waals surface area contributed by atoms with Crippen LogP contribution < -0.4 is 21.3 Å². The Morgan fingerprint density at radius 2 is 0.909 bits per heavy atom. The molecule has 2 aromatic carbocycles.